The summed E-state index contributed by atoms with van der Waals surface area (Å²) in [7, 11) is 4.01. The molecule has 0 bridgehead atoms. The number of quaternary nitrogens is 1. The summed E-state index contributed by atoms with van der Waals surface area (Å²) in [4.78, 5) is 0. The molecule has 0 spiro atoms. The Balaban J connectivity index is 2.38. The lowest BCUT2D eigenvalue weighted by atomic mass is 9.95. The van der Waals surface area contributed by atoms with Crippen molar-refractivity contribution in [1.29, 1.82) is 5.41 Å². The van der Waals surface area contributed by atoms with Crippen molar-refractivity contribution in [1.82, 2.24) is 5.01 Å². The van der Waals surface area contributed by atoms with Crippen LogP contribution in [0.5, 0.6) is 0 Å². The van der Waals surface area contributed by atoms with Crippen molar-refractivity contribution < 1.29 is 5.43 Å². The summed E-state index contributed by atoms with van der Waals surface area (Å²) in [5, 5.41) is 10.8. The van der Waals surface area contributed by atoms with Crippen LogP contribution >= 0.6 is 15.9 Å². The molecule has 2 aromatic rings. The lowest BCUT2D eigenvalue weighted by Gasteiger charge is -2.25. The highest BCUT2D eigenvalue weighted by Crippen LogP contribution is 2.24. The van der Waals surface area contributed by atoms with Crippen LogP contribution in [0.25, 0.3) is 0 Å². The molecule has 0 heterocycles. The van der Waals surface area contributed by atoms with Crippen molar-refractivity contribution >= 4 is 21.6 Å². The summed E-state index contributed by atoms with van der Waals surface area (Å²) in [6, 6.07) is 16.4. The van der Waals surface area contributed by atoms with Crippen LogP contribution in [0, 0.1) is 5.41 Å². The zero-order chi connectivity index (χ0) is 16.1. The minimum atomic E-state index is -0.0880. The third kappa shape index (κ3) is 3.83. The van der Waals surface area contributed by atoms with E-state index in [9.17, 15) is 0 Å². The Morgan fingerprint density at radius 1 is 1.23 bits per heavy atom. The SMILES string of the molecule is CCc1ccc(C(=N)C(c2cccc(Br)c2)N(C)[NH2+]C)cc1. The van der Waals surface area contributed by atoms with Crippen molar-refractivity contribution in [3.8, 4) is 0 Å². The highest BCUT2D eigenvalue weighted by Gasteiger charge is 2.25. The average Bonchev–Trinajstić information content (AvgIpc) is 2.55. The predicted octanol–water partition coefficient (Wildman–Crippen LogP) is 3.16. The zero-order valence-corrected chi connectivity index (χ0v) is 14.9. The summed E-state index contributed by atoms with van der Waals surface area (Å²) in [6.45, 7) is 2.14. The summed E-state index contributed by atoms with van der Waals surface area (Å²) in [5.74, 6) is 0. The first-order valence-corrected chi connectivity index (χ1v) is 8.30. The van der Waals surface area contributed by atoms with Gasteiger partial charge in [0.15, 0.2) is 0 Å². The first kappa shape index (κ1) is 16.9. The fourth-order valence-electron chi connectivity index (χ4n) is 2.51. The van der Waals surface area contributed by atoms with Gasteiger partial charge in [0.05, 0.1) is 12.8 Å². The van der Waals surface area contributed by atoms with Crippen LogP contribution < -0.4 is 5.43 Å². The molecule has 3 N–H and O–H groups in total. The molecule has 0 radical (unpaired) electrons. The van der Waals surface area contributed by atoms with Gasteiger partial charge >= 0.3 is 0 Å². The van der Waals surface area contributed by atoms with E-state index in [-0.39, 0.29) is 6.04 Å². The average molecular weight is 361 g/mol. The van der Waals surface area contributed by atoms with Crippen LogP contribution in [0.15, 0.2) is 53.0 Å². The van der Waals surface area contributed by atoms with Crippen LogP contribution in [0.3, 0.4) is 0 Å². The lowest BCUT2D eigenvalue weighted by molar-refractivity contribution is -0.783. The van der Waals surface area contributed by atoms with Gasteiger partial charge < -0.3 is 5.41 Å². The lowest BCUT2D eigenvalue weighted by Crippen LogP contribution is -2.90. The molecule has 3 nitrogen and oxygen atoms in total. The minimum Gasteiger partial charge on any atom is -0.302 e. The van der Waals surface area contributed by atoms with Gasteiger partial charge in [0.2, 0.25) is 0 Å². The largest absolute Gasteiger partial charge is 0.302 e. The van der Waals surface area contributed by atoms with Gasteiger partial charge in [-0.25, -0.2) is 0 Å². The number of rotatable bonds is 6. The molecular formula is C18H23BrN3+. The molecule has 1 unspecified atom stereocenters. The molecule has 0 saturated carbocycles. The monoisotopic (exact) mass is 360 g/mol. The molecular weight excluding hydrogens is 338 g/mol. The predicted molar refractivity (Wildman–Crippen MR) is 95.1 cm³/mol. The van der Waals surface area contributed by atoms with E-state index in [0.29, 0.717) is 5.71 Å². The molecule has 22 heavy (non-hydrogen) atoms. The van der Waals surface area contributed by atoms with E-state index >= 15 is 0 Å². The van der Waals surface area contributed by atoms with Gasteiger partial charge in [-0.3, -0.25) is 5.43 Å². The molecule has 0 saturated heterocycles. The van der Waals surface area contributed by atoms with Crippen LogP contribution in [-0.2, 0) is 6.42 Å². The fraction of sp³-hybridized carbons (Fsp3) is 0.278. The number of benzene rings is 2. The maximum absolute atomic E-state index is 8.68. The number of halogens is 1. The standard InChI is InChI=1S/C18H22BrN3/c1-4-13-8-10-14(11-9-13)17(20)18(22(3)21-2)15-6-5-7-16(19)12-15/h5-12,18,20-21H,4H2,1-3H3/p+1. The second-order valence-electron chi connectivity index (χ2n) is 5.35. The van der Waals surface area contributed by atoms with Crippen molar-refractivity contribution in [2.24, 2.45) is 0 Å². The minimum absolute atomic E-state index is 0.0880. The van der Waals surface area contributed by atoms with Crippen molar-refractivity contribution in [2.75, 3.05) is 14.1 Å². The number of nitrogens with zero attached hydrogens (tertiary/aromatic N) is 1. The molecule has 0 aliphatic carbocycles. The summed E-state index contributed by atoms with van der Waals surface area (Å²) >= 11 is 3.53. The highest BCUT2D eigenvalue weighted by atomic mass is 79.9. The Labute approximate surface area is 141 Å². The number of nitrogens with one attached hydrogen (secondary N) is 1. The van der Waals surface area contributed by atoms with Crippen LogP contribution in [0.2, 0.25) is 0 Å². The normalized spacial score (nSPS) is 12.4. The Morgan fingerprint density at radius 2 is 1.91 bits per heavy atom. The smallest absolute Gasteiger partial charge is 0.125 e. The molecule has 1 atom stereocenters. The van der Waals surface area contributed by atoms with Gasteiger partial charge in [0.1, 0.15) is 6.04 Å². The van der Waals surface area contributed by atoms with Crippen molar-refractivity contribution in [2.45, 2.75) is 19.4 Å². The Bertz CT molecular complexity index is 637. The van der Waals surface area contributed by atoms with Crippen molar-refractivity contribution in [3.05, 3.63) is 69.7 Å². The number of hydrogen-bond donors (Lipinski definition) is 2. The summed E-state index contributed by atoms with van der Waals surface area (Å²) in [6.07, 6.45) is 1.02. The molecule has 0 aromatic heterocycles. The quantitative estimate of drug-likeness (QED) is 0.463. The molecule has 0 amide bonds. The number of aryl methyl sites for hydroxylation is 1. The Morgan fingerprint density at radius 3 is 2.45 bits per heavy atom. The van der Waals surface area contributed by atoms with Gasteiger partial charge in [-0.1, -0.05) is 59.3 Å². The molecule has 0 aliphatic rings. The number of likely N-dealkylation sites (N-methyl/N-ethyl adjacent to an activating group) is 1. The van der Waals surface area contributed by atoms with Crippen LogP contribution in [0.4, 0.5) is 0 Å². The molecule has 4 heteroatoms. The van der Waals surface area contributed by atoms with E-state index in [1.54, 1.807) is 0 Å². The zero-order valence-electron chi connectivity index (χ0n) is 13.3. The second kappa shape index (κ2) is 7.68. The number of hydrogen-bond acceptors (Lipinski definition) is 2. The molecule has 0 aliphatic heterocycles. The van der Waals surface area contributed by atoms with Crippen molar-refractivity contribution in [3.63, 3.8) is 0 Å². The topological polar surface area (TPSA) is 43.7 Å². The van der Waals surface area contributed by atoms with E-state index in [1.165, 1.54) is 5.56 Å². The third-order valence-electron chi connectivity index (χ3n) is 3.93. The highest BCUT2D eigenvalue weighted by molar-refractivity contribution is 9.10. The maximum Gasteiger partial charge on any atom is 0.125 e. The molecule has 116 valence electrons. The number of nitrogens with two attached hydrogens (primary N) is 1. The Hall–Kier alpha value is -1.49. The van der Waals surface area contributed by atoms with E-state index in [4.69, 9.17) is 5.41 Å². The second-order valence-corrected chi connectivity index (χ2v) is 6.26. The molecule has 2 aromatic carbocycles. The Kier molecular flexibility index (Phi) is 5.89. The first-order chi connectivity index (χ1) is 10.6. The van der Waals surface area contributed by atoms with Gasteiger partial charge in [0.25, 0.3) is 0 Å². The van der Waals surface area contributed by atoms with E-state index < -0.39 is 0 Å². The van der Waals surface area contributed by atoms with Gasteiger partial charge in [0, 0.05) is 11.5 Å². The maximum atomic E-state index is 8.68. The summed E-state index contributed by atoms with van der Waals surface area (Å²) < 4.78 is 1.04. The van der Waals surface area contributed by atoms with Gasteiger partial charge in [-0.2, -0.15) is 0 Å². The fourth-order valence-corrected chi connectivity index (χ4v) is 2.93. The molecule has 0 fully saturated rings. The van der Waals surface area contributed by atoms with Crippen LogP contribution in [0.1, 0.15) is 29.7 Å². The van der Waals surface area contributed by atoms with Crippen LogP contribution in [-0.4, -0.2) is 24.8 Å². The first-order valence-electron chi connectivity index (χ1n) is 7.51. The van der Waals surface area contributed by atoms with E-state index in [2.05, 4.69) is 64.3 Å². The summed E-state index contributed by atoms with van der Waals surface area (Å²) in [5.41, 5.74) is 6.00. The van der Waals surface area contributed by atoms with Gasteiger partial charge in [-0.05, 0) is 35.2 Å². The van der Waals surface area contributed by atoms with E-state index in [1.807, 2.05) is 31.7 Å². The third-order valence-corrected chi connectivity index (χ3v) is 4.42. The van der Waals surface area contributed by atoms with Gasteiger partial charge in [-0.15, -0.1) is 5.01 Å². The van der Waals surface area contributed by atoms with E-state index in [0.717, 1.165) is 22.0 Å². The molecule has 2 rings (SSSR count).